The van der Waals surface area contributed by atoms with Crippen molar-refractivity contribution in [2.45, 2.75) is 19.9 Å². The van der Waals surface area contributed by atoms with Crippen LogP contribution in [-0.4, -0.2) is 18.5 Å². The fourth-order valence-corrected chi connectivity index (χ4v) is 1.25. The zero-order chi connectivity index (χ0) is 12.7. The van der Waals surface area contributed by atoms with Crippen LogP contribution in [0.5, 0.6) is 0 Å². The van der Waals surface area contributed by atoms with Crippen LogP contribution in [0.4, 0.5) is 4.39 Å². The number of halogens is 1. The highest BCUT2D eigenvalue weighted by Crippen LogP contribution is 2.02. The Morgan fingerprint density at radius 1 is 1.41 bits per heavy atom. The molecule has 0 fully saturated rings. The van der Waals surface area contributed by atoms with Crippen LogP contribution in [0.15, 0.2) is 24.3 Å². The Labute approximate surface area is 98.8 Å². The number of hydrogen-bond donors (Lipinski definition) is 1. The maximum atomic E-state index is 12.8. The van der Waals surface area contributed by atoms with E-state index in [-0.39, 0.29) is 25.4 Å². The van der Waals surface area contributed by atoms with Gasteiger partial charge in [0, 0.05) is 6.54 Å². The average Bonchev–Trinajstić information content (AvgIpc) is 2.27. The monoisotopic (exact) mass is 239 g/mol. The molecule has 0 atom stereocenters. The van der Waals surface area contributed by atoms with Gasteiger partial charge < -0.3 is 10.1 Å². The molecule has 4 nitrogen and oxygen atoms in total. The van der Waals surface area contributed by atoms with Crippen molar-refractivity contribution in [2.24, 2.45) is 0 Å². The molecule has 0 unspecified atom stereocenters. The molecule has 0 bridgehead atoms. The predicted octanol–water partition coefficient (Wildman–Crippen LogP) is 1.40. The minimum Gasteiger partial charge on any atom is -0.466 e. The van der Waals surface area contributed by atoms with Crippen LogP contribution >= 0.6 is 0 Å². The topological polar surface area (TPSA) is 55.4 Å². The highest BCUT2D eigenvalue weighted by atomic mass is 19.1. The summed E-state index contributed by atoms with van der Waals surface area (Å²) in [5, 5.41) is 2.51. The molecule has 92 valence electrons. The van der Waals surface area contributed by atoms with Gasteiger partial charge in [-0.15, -0.1) is 0 Å². The lowest BCUT2D eigenvalue weighted by atomic mass is 10.2. The number of hydrogen-bond acceptors (Lipinski definition) is 3. The Bertz CT molecular complexity index is 406. The van der Waals surface area contributed by atoms with Gasteiger partial charge in [0.15, 0.2) is 0 Å². The molecule has 5 heteroatoms. The van der Waals surface area contributed by atoms with Crippen LogP contribution < -0.4 is 5.32 Å². The summed E-state index contributed by atoms with van der Waals surface area (Å²) < 4.78 is 17.4. The van der Waals surface area contributed by atoms with E-state index in [1.807, 2.05) is 0 Å². The maximum absolute atomic E-state index is 12.8. The molecule has 17 heavy (non-hydrogen) atoms. The Kier molecular flexibility index (Phi) is 5.13. The zero-order valence-electron chi connectivity index (χ0n) is 9.53. The van der Waals surface area contributed by atoms with Crippen LogP contribution in [0, 0.1) is 5.82 Å². The van der Waals surface area contributed by atoms with Gasteiger partial charge in [0.25, 0.3) is 0 Å². The molecule has 1 aromatic carbocycles. The second kappa shape index (κ2) is 6.62. The van der Waals surface area contributed by atoms with E-state index < -0.39 is 11.9 Å². The molecule has 0 radical (unpaired) electrons. The first-order chi connectivity index (χ1) is 8.11. The smallest absolute Gasteiger partial charge is 0.315 e. The molecule has 0 saturated heterocycles. The van der Waals surface area contributed by atoms with Gasteiger partial charge in [0.05, 0.1) is 6.61 Å². The Morgan fingerprint density at radius 2 is 2.18 bits per heavy atom. The third-order valence-corrected chi connectivity index (χ3v) is 1.99. The predicted molar refractivity (Wildman–Crippen MR) is 59.5 cm³/mol. The number of nitrogens with one attached hydrogen (secondary N) is 1. The molecule has 0 aliphatic heterocycles. The number of rotatable bonds is 5. The van der Waals surface area contributed by atoms with E-state index in [0.29, 0.717) is 5.56 Å². The lowest BCUT2D eigenvalue weighted by molar-refractivity contribution is -0.146. The van der Waals surface area contributed by atoms with E-state index >= 15 is 0 Å². The Hall–Kier alpha value is -1.91. The molecule has 1 aromatic rings. The lowest BCUT2D eigenvalue weighted by Gasteiger charge is -2.05. The van der Waals surface area contributed by atoms with Gasteiger partial charge in [-0.2, -0.15) is 0 Å². The molecule has 1 rings (SSSR count). The summed E-state index contributed by atoms with van der Waals surface area (Å²) in [6, 6.07) is 5.89. The summed E-state index contributed by atoms with van der Waals surface area (Å²) in [7, 11) is 0. The minimum atomic E-state index is -0.566. The van der Waals surface area contributed by atoms with Crippen LogP contribution in [0.25, 0.3) is 0 Å². The van der Waals surface area contributed by atoms with Gasteiger partial charge in [-0.3, -0.25) is 9.59 Å². The van der Waals surface area contributed by atoms with E-state index in [4.69, 9.17) is 0 Å². The van der Waals surface area contributed by atoms with E-state index in [1.54, 1.807) is 19.1 Å². The quantitative estimate of drug-likeness (QED) is 0.624. The summed E-state index contributed by atoms with van der Waals surface area (Å²) in [4.78, 5) is 22.3. The van der Waals surface area contributed by atoms with Crippen molar-refractivity contribution in [1.29, 1.82) is 0 Å². The van der Waals surface area contributed by atoms with Gasteiger partial charge >= 0.3 is 5.97 Å². The molecule has 0 aliphatic rings. The molecule has 0 aliphatic carbocycles. The third-order valence-electron chi connectivity index (χ3n) is 1.99. The zero-order valence-corrected chi connectivity index (χ0v) is 9.53. The normalized spacial score (nSPS) is 9.76. The van der Waals surface area contributed by atoms with E-state index in [9.17, 15) is 14.0 Å². The van der Waals surface area contributed by atoms with E-state index in [1.165, 1.54) is 12.1 Å². The number of ether oxygens (including phenoxy) is 1. The second-order valence-electron chi connectivity index (χ2n) is 3.39. The molecular weight excluding hydrogens is 225 g/mol. The number of amides is 1. The van der Waals surface area contributed by atoms with Crippen LogP contribution in [-0.2, 0) is 20.9 Å². The summed E-state index contributed by atoms with van der Waals surface area (Å²) in [5.41, 5.74) is 0.641. The molecule has 0 spiro atoms. The first-order valence-electron chi connectivity index (χ1n) is 5.28. The molecule has 1 amide bonds. The molecule has 1 N–H and O–H groups in total. The third kappa shape index (κ3) is 5.10. The van der Waals surface area contributed by atoms with Crippen molar-refractivity contribution in [3.63, 3.8) is 0 Å². The SMILES string of the molecule is CCOC(=O)CC(=O)NCc1cccc(F)c1. The highest BCUT2D eigenvalue weighted by molar-refractivity contribution is 5.94. The van der Waals surface area contributed by atoms with Crippen molar-refractivity contribution in [3.8, 4) is 0 Å². The number of benzene rings is 1. The van der Waals surface area contributed by atoms with Crippen molar-refractivity contribution in [2.75, 3.05) is 6.61 Å². The average molecular weight is 239 g/mol. The first kappa shape index (κ1) is 13.2. The number of esters is 1. The maximum Gasteiger partial charge on any atom is 0.315 e. The van der Waals surface area contributed by atoms with Crippen molar-refractivity contribution >= 4 is 11.9 Å². The van der Waals surface area contributed by atoms with Gasteiger partial charge in [0.1, 0.15) is 12.2 Å². The second-order valence-corrected chi connectivity index (χ2v) is 3.39. The standard InChI is InChI=1S/C12H14FNO3/c1-2-17-12(16)7-11(15)14-8-9-4-3-5-10(13)6-9/h3-6H,2,7-8H2,1H3,(H,14,15). The summed E-state index contributed by atoms with van der Waals surface area (Å²) in [5.74, 6) is -1.36. The molecule has 0 aromatic heterocycles. The van der Waals surface area contributed by atoms with Gasteiger partial charge in [-0.05, 0) is 24.6 Å². The van der Waals surface area contributed by atoms with Crippen LogP contribution in [0.1, 0.15) is 18.9 Å². The first-order valence-corrected chi connectivity index (χ1v) is 5.28. The lowest BCUT2D eigenvalue weighted by Crippen LogP contribution is -2.26. The molecule has 0 heterocycles. The summed E-state index contributed by atoms with van der Waals surface area (Å²) >= 11 is 0. The fraction of sp³-hybridized carbons (Fsp3) is 0.333. The van der Waals surface area contributed by atoms with Crippen molar-refractivity contribution in [1.82, 2.24) is 5.32 Å². The van der Waals surface area contributed by atoms with E-state index in [2.05, 4.69) is 10.1 Å². The van der Waals surface area contributed by atoms with Gasteiger partial charge in [-0.25, -0.2) is 4.39 Å². The summed E-state index contributed by atoms with van der Waals surface area (Å²) in [6.45, 7) is 2.11. The number of carbonyl (C=O) groups is 2. The van der Waals surface area contributed by atoms with Gasteiger partial charge in [0.2, 0.25) is 5.91 Å². The molecule has 0 saturated carbocycles. The fourth-order valence-electron chi connectivity index (χ4n) is 1.25. The molecular formula is C12H14FNO3. The van der Waals surface area contributed by atoms with Crippen molar-refractivity contribution < 1.29 is 18.7 Å². The van der Waals surface area contributed by atoms with Gasteiger partial charge in [-0.1, -0.05) is 12.1 Å². The number of carbonyl (C=O) groups excluding carboxylic acids is 2. The van der Waals surface area contributed by atoms with E-state index in [0.717, 1.165) is 0 Å². The minimum absolute atomic E-state index is 0.190. The van der Waals surface area contributed by atoms with Crippen molar-refractivity contribution in [3.05, 3.63) is 35.6 Å². The Balaban J connectivity index is 2.35. The van der Waals surface area contributed by atoms with Crippen LogP contribution in [0.2, 0.25) is 0 Å². The largest absolute Gasteiger partial charge is 0.466 e. The summed E-state index contributed by atoms with van der Waals surface area (Å²) in [6.07, 6.45) is -0.316. The van der Waals surface area contributed by atoms with Crippen LogP contribution in [0.3, 0.4) is 0 Å². The Morgan fingerprint density at radius 3 is 2.82 bits per heavy atom. The highest BCUT2D eigenvalue weighted by Gasteiger charge is 2.09.